The Morgan fingerprint density at radius 2 is 1.86 bits per heavy atom. The topological polar surface area (TPSA) is 57.6 Å². The zero-order valence-electron chi connectivity index (χ0n) is 7.71. The van der Waals surface area contributed by atoms with Gasteiger partial charge in [-0.3, -0.25) is 4.31 Å². The SMILES string of the molecule is C=CS(=O)(=O)N(C)c1ccc(O)cc1. The summed E-state index contributed by atoms with van der Waals surface area (Å²) in [6, 6.07) is 5.86. The number of hydrogen-bond acceptors (Lipinski definition) is 3. The van der Waals surface area contributed by atoms with Gasteiger partial charge in [0.05, 0.1) is 5.69 Å². The predicted molar refractivity (Wildman–Crippen MR) is 55.6 cm³/mol. The lowest BCUT2D eigenvalue weighted by molar-refractivity contribution is 0.475. The number of benzene rings is 1. The summed E-state index contributed by atoms with van der Waals surface area (Å²) in [6.45, 7) is 3.22. The molecule has 0 atom stereocenters. The molecule has 1 aromatic carbocycles. The maximum atomic E-state index is 11.3. The average molecular weight is 213 g/mol. The van der Waals surface area contributed by atoms with E-state index in [-0.39, 0.29) is 5.75 Å². The smallest absolute Gasteiger partial charge is 0.256 e. The first-order chi connectivity index (χ1) is 6.47. The van der Waals surface area contributed by atoms with E-state index < -0.39 is 10.0 Å². The first-order valence-electron chi connectivity index (χ1n) is 3.88. The molecule has 1 aromatic rings. The Kier molecular flexibility index (Phi) is 2.81. The summed E-state index contributed by atoms with van der Waals surface area (Å²) >= 11 is 0. The highest BCUT2D eigenvalue weighted by molar-refractivity contribution is 7.95. The molecule has 5 heteroatoms. The fraction of sp³-hybridized carbons (Fsp3) is 0.111. The van der Waals surface area contributed by atoms with E-state index in [1.54, 1.807) is 0 Å². The molecular weight excluding hydrogens is 202 g/mol. The summed E-state index contributed by atoms with van der Waals surface area (Å²) in [7, 11) is -2.03. The van der Waals surface area contributed by atoms with Crippen LogP contribution in [0.1, 0.15) is 0 Å². The van der Waals surface area contributed by atoms with Gasteiger partial charge in [0.1, 0.15) is 5.75 Å². The highest BCUT2D eigenvalue weighted by Crippen LogP contribution is 2.19. The number of aromatic hydroxyl groups is 1. The Hall–Kier alpha value is -1.49. The van der Waals surface area contributed by atoms with E-state index in [2.05, 4.69) is 6.58 Å². The largest absolute Gasteiger partial charge is 0.508 e. The average Bonchev–Trinajstić information content (AvgIpc) is 2.18. The Morgan fingerprint density at radius 1 is 1.36 bits per heavy atom. The summed E-state index contributed by atoms with van der Waals surface area (Å²) in [5, 5.41) is 9.89. The lowest BCUT2D eigenvalue weighted by Crippen LogP contribution is -2.23. The fourth-order valence-corrected chi connectivity index (χ4v) is 1.56. The molecule has 0 heterocycles. The van der Waals surface area contributed by atoms with Crippen molar-refractivity contribution >= 4 is 15.7 Å². The first kappa shape index (κ1) is 10.6. The molecule has 0 spiro atoms. The molecule has 0 amide bonds. The van der Waals surface area contributed by atoms with Gasteiger partial charge in [-0.05, 0) is 24.3 Å². The van der Waals surface area contributed by atoms with Gasteiger partial charge in [0, 0.05) is 12.5 Å². The molecule has 4 nitrogen and oxygen atoms in total. The molecule has 0 aliphatic carbocycles. The number of phenolic OH excluding ortho intramolecular Hbond substituents is 1. The normalized spacial score (nSPS) is 10.9. The van der Waals surface area contributed by atoms with Crippen LogP contribution in [0, 0.1) is 0 Å². The molecule has 0 saturated carbocycles. The van der Waals surface area contributed by atoms with Gasteiger partial charge in [0.2, 0.25) is 0 Å². The molecule has 1 rings (SSSR count). The first-order valence-corrected chi connectivity index (χ1v) is 5.38. The number of phenols is 1. The summed E-state index contributed by atoms with van der Waals surface area (Å²) in [6.07, 6.45) is 0. The highest BCUT2D eigenvalue weighted by atomic mass is 32.2. The van der Waals surface area contributed by atoms with E-state index in [9.17, 15) is 8.42 Å². The molecule has 14 heavy (non-hydrogen) atoms. The van der Waals surface area contributed by atoms with Crippen LogP contribution in [0.3, 0.4) is 0 Å². The monoisotopic (exact) mass is 213 g/mol. The van der Waals surface area contributed by atoms with Crippen LogP contribution in [-0.2, 0) is 10.0 Å². The Balaban J connectivity index is 3.07. The summed E-state index contributed by atoms with van der Waals surface area (Å²) < 4.78 is 23.7. The molecule has 76 valence electrons. The van der Waals surface area contributed by atoms with Gasteiger partial charge in [0.15, 0.2) is 0 Å². The number of rotatable bonds is 3. The highest BCUT2D eigenvalue weighted by Gasteiger charge is 2.13. The number of anilines is 1. The summed E-state index contributed by atoms with van der Waals surface area (Å²) in [5.74, 6) is 0.0955. The molecule has 0 saturated heterocycles. The van der Waals surface area contributed by atoms with E-state index in [1.807, 2.05) is 0 Å². The second-order valence-corrected chi connectivity index (χ2v) is 4.61. The van der Waals surface area contributed by atoms with E-state index in [0.717, 1.165) is 9.71 Å². The minimum Gasteiger partial charge on any atom is -0.508 e. The van der Waals surface area contributed by atoms with Crippen molar-refractivity contribution in [1.82, 2.24) is 0 Å². The van der Waals surface area contributed by atoms with Gasteiger partial charge in [0.25, 0.3) is 10.0 Å². The van der Waals surface area contributed by atoms with Crippen molar-refractivity contribution in [3.63, 3.8) is 0 Å². The molecule has 0 aliphatic heterocycles. The number of nitrogens with zero attached hydrogens (tertiary/aromatic N) is 1. The van der Waals surface area contributed by atoms with Gasteiger partial charge >= 0.3 is 0 Å². The van der Waals surface area contributed by atoms with Crippen LogP contribution in [0.2, 0.25) is 0 Å². The van der Waals surface area contributed by atoms with Gasteiger partial charge in [-0.1, -0.05) is 6.58 Å². The molecule has 0 radical (unpaired) electrons. The second kappa shape index (κ2) is 3.71. The number of hydrogen-bond donors (Lipinski definition) is 1. The molecule has 0 bridgehead atoms. The van der Waals surface area contributed by atoms with Crippen LogP contribution in [-0.4, -0.2) is 20.6 Å². The Morgan fingerprint density at radius 3 is 2.29 bits per heavy atom. The molecule has 0 aromatic heterocycles. The lowest BCUT2D eigenvalue weighted by atomic mass is 10.3. The molecule has 0 unspecified atom stereocenters. The van der Waals surface area contributed by atoms with Crippen molar-refractivity contribution in [2.45, 2.75) is 0 Å². The fourth-order valence-electron chi connectivity index (χ4n) is 0.921. The van der Waals surface area contributed by atoms with Crippen molar-refractivity contribution in [2.75, 3.05) is 11.4 Å². The molecule has 0 aliphatic rings. The second-order valence-electron chi connectivity index (χ2n) is 2.70. The lowest BCUT2D eigenvalue weighted by Gasteiger charge is -2.16. The van der Waals surface area contributed by atoms with Crippen molar-refractivity contribution in [2.24, 2.45) is 0 Å². The van der Waals surface area contributed by atoms with Crippen LogP contribution in [0.5, 0.6) is 5.75 Å². The Bertz CT molecular complexity index is 422. The predicted octanol–water partition coefficient (Wildman–Crippen LogP) is 1.30. The summed E-state index contributed by atoms with van der Waals surface area (Å²) in [4.78, 5) is 0. The maximum Gasteiger partial charge on any atom is 0.256 e. The zero-order valence-corrected chi connectivity index (χ0v) is 8.53. The van der Waals surface area contributed by atoms with E-state index in [1.165, 1.54) is 31.3 Å². The van der Waals surface area contributed by atoms with Crippen molar-refractivity contribution in [1.29, 1.82) is 0 Å². The molecular formula is C9H11NO3S. The Labute approximate surface area is 83.2 Å². The third kappa shape index (κ3) is 2.05. The van der Waals surface area contributed by atoms with Gasteiger partial charge in [-0.25, -0.2) is 8.42 Å². The van der Waals surface area contributed by atoms with Gasteiger partial charge in [-0.15, -0.1) is 0 Å². The van der Waals surface area contributed by atoms with Crippen LogP contribution in [0.4, 0.5) is 5.69 Å². The van der Waals surface area contributed by atoms with Crippen LogP contribution in [0.25, 0.3) is 0 Å². The van der Waals surface area contributed by atoms with Gasteiger partial charge < -0.3 is 5.11 Å². The molecule has 1 N–H and O–H groups in total. The summed E-state index contributed by atoms with van der Waals surface area (Å²) in [5.41, 5.74) is 0.475. The van der Waals surface area contributed by atoms with E-state index in [4.69, 9.17) is 5.11 Å². The maximum absolute atomic E-state index is 11.3. The van der Waals surface area contributed by atoms with Crippen LogP contribution >= 0.6 is 0 Å². The third-order valence-corrected chi connectivity index (χ3v) is 3.20. The van der Waals surface area contributed by atoms with Gasteiger partial charge in [-0.2, -0.15) is 0 Å². The van der Waals surface area contributed by atoms with Crippen molar-refractivity contribution < 1.29 is 13.5 Å². The van der Waals surface area contributed by atoms with Crippen molar-refractivity contribution in [3.05, 3.63) is 36.3 Å². The van der Waals surface area contributed by atoms with E-state index in [0.29, 0.717) is 5.69 Å². The quantitative estimate of drug-likeness (QED) is 0.823. The van der Waals surface area contributed by atoms with E-state index >= 15 is 0 Å². The van der Waals surface area contributed by atoms with Crippen molar-refractivity contribution in [3.8, 4) is 5.75 Å². The minimum absolute atomic E-state index is 0.0955. The zero-order chi connectivity index (χ0) is 10.8. The van der Waals surface area contributed by atoms with Crippen LogP contribution < -0.4 is 4.31 Å². The molecule has 0 fully saturated rings. The minimum atomic E-state index is -3.45. The standard InChI is InChI=1S/C9H11NO3S/c1-3-14(12,13)10(2)8-4-6-9(11)7-5-8/h3-7,11H,1H2,2H3. The number of sulfonamides is 1. The third-order valence-electron chi connectivity index (χ3n) is 1.81. The van der Waals surface area contributed by atoms with Crippen LogP contribution in [0.15, 0.2) is 36.3 Å².